The van der Waals surface area contributed by atoms with Crippen molar-refractivity contribution in [3.63, 3.8) is 0 Å². The van der Waals surface area contributed by atoms with Crippen LogP contribution in [0.25, 0.3) is 22.3 Å². The Morgan fingerprint density at radius 3 is 2.28 bits per heavy atom. The number of benzene rings is 2. The van der Waals surface area contributed by atoms with E-state index in [9.17, 15) is 55.9 Å². The third-order valence-electron chi connectivity index (χ3n) is 10.2. The Bertz CT molecular complexity index is 1960. The van der Waals surface area contributed by atoms with Crippen LogP contribution in [0.2, 0.25) is 0 Å². The summed E-state index contributed by atoms with van der Waals surface area (Å²) >= 11 is 0. The Balaban J connectivity index is 1.50. The average molecular weight is 809 g/mol. The molecule has 0 radical (unpaired) electrons. The van der Waals surface area contributed by atoms with Gasteiger partial charge in [-0.15, -0.1) is 0 Å². The predicted octanol–water partition coefficient (Wildman–Crippen LogP) is -0.768. The average Bonchev–Trinajstić information content (AvgIpc) is 3.47. The zero-order chi connectivity index (χ0) is 41.5. The van der Waals surface area contributed by atoms with Crippen LogP contribution >= 0.6 is 0 Å². The van der Waals surface area contributed by atoms with Gasteiger partial charge in [0.05, 0.1) is 26.4 Å². The zero-order valence-corrected chi connectivity index (χ0v) is 31.4. The minimum atomic E-state index is -2.08. The number of hydrogen-bond acceptors (Lipinski definition) is 19. The molecule has 3 fully saturated rings. The summed E-state index contributed by atoms with van der Waals surface area (Å²) in [5.41, 5.74) is -1.58. The van der Waals surface area contributed by atoms with Crippen LogP contribution in [0.1, 0.15) is 32.8 Å². The van der Waals surface area contributed by atoms with Crippen LogP contribution in [0.5, 0.6) is 23.0 Å². The van der Waals surface area contributed by atoms with Crippen molar-refractivity contribution in [2.75, 3.05) is 20.3 Å². The number of aliphatic hydroxyl groups is 8. The molecule has 4 heterocycles. The predicted molar refractivity (Wildman–Crippen MR) is 193 cm³/mol. The van der Waals surface area contributed by atoms with Gasteiger partial charge in [0, 0.05) is 23.6 Å². The summed E-state index contributed by atoms with van der Waals surface area (Å²) in [5.74, 6) is -1.30. The first-order chi connectivity index (χ1) is 27.0. The zero-order valence-electron chi connectivity index (χ0n) is 31.4. The summed E-state index contributed by atoms with van der Waals surface area (Å²) < 4.78 is 46.6. The summed E-state index contributed by atoms with van der Waals surface area (Å²) in [4.78, 5) is 14.7. The van der Waals surface area contributed by atoms with Crippen LogP contribution in [0.3, 0.4) is 0 Å². The molecule has 13 atom stereocenters. The molecule has 2 aromatic carbocycles. The van der Waals surface area contributed by atoms with Gasteiger partial charge in [0.2, 0.25) is 11.2 Å². The highest BCUT2D eigenvalue weighted by atomic mass is 16.8. The van der Waals surface area contributed by atoms with Crippen molar-refractivity contribution in [2.45, 2.75) is 113 Å². The molecule has 3 saturated heterocycles. The smallest absolute Gasteiger partial charge is 0.239 e. The molecule has 3 aliphatic rings. The van der Waals surface area contributed by atoms with E-state index in [0.717, 1.165) is 5.57 Å². The van der Waals surface area contributed by atoms with Gasteiger partial charge in [-0.2, -0.15) is 0 Å². The fraction of sp³-hybridized carbons (Fsp3) is 0.553. The van der Waals surface area contributed by atoms with Gasteiger partial charge in [-0.1, -0.05) is 11.6 Å². The molecule has 10 N–H and O–H groups in total. The fourth-order valence-electron chi connectivity index (χ4n) is 6.86. The van der Waals surface area contributed by atoms with Crippen LogP contribution in [-0.4, -0.2) is 151 Å². The maximum absolute atomic E-state index is 14.7. The molecular weight excluding hydrogens is 760 g/mol. The number of methoxy groups -OCH3 is 1. The van der Waals surface area contributed by atoms with Crippen LogP contribution in [0, 0.1) is 0 Å². The van der Waals surface area contributed by atoms with E-state index >= 15 is 0 Å². The number of allylic oxidation sites excluding steroid dienone is 2. The number of ether oxygens (including phenoxy) is 7. The van der Waals surface area contributed by atoms with Crippen molar-refractivity contribution in [3.8, 4) is 34.3 Å². The lowest BCUT2D eigenvalue weighted by Gasteiger charge is -2.46. The highest BCUT2D eigenvalue weighted by molar-refractivity contribution is 5.91. The first-order valence-corrected chi connectivity index (χ1v) is 18.1. The van der Waals surface area contributed by atoms with Gasteiger partial charge in [-0.3, -0.25) is 4.79 Å². The molecule has 1 aromatic heterocycles. The van der Waals surface area contributed by atoms with Gasteiger partial charge in [0.1, 0.15) is 70.4 Å². The maximum atomic E-state index is 14.7. The standard InChI is InChI=1S/C38H48O19/c1-15(2)5-10-19-21(50-4)11-20(41)24-26(43)33(30(55-31(19)24)17-6-8-18(40)9-7-17)56-32-22(13-51-23-12-38(49,14-39)37(48)54-23)53-35(47)29(46)34(32)57-36-28(45)27(44)25(42)16(3)52-36/h5-9,11,16,22-23,25,27-29,32,34-37,39-42,44-49H,10,12-14H2,1-4H3. The summed E-state index contributed by atoms with van der Waals surface area (Å²) in [6, 6.07) is 6.69. The molecule has 0 spiro atoms. The van der Waals surface area contributed by atoms with Gasteiger partial charge in [-0.05, 0) is 51.5 Å². The minimum absolute atomic E-state index is 0.0682. The van der Waals surface area contributed by atoms with Crippen molar-refractivity contribution in [2.24, 2.45) is 0 Å². The Hall–Kier alpha value is -3.93. The van der Waals surface area contributed by atoms with Crippen LogP contribution in [0.4, 0.5) is 0 Å². The van der Waals surface area contributed by atoms with Crippen LogP contribution in [-0.2, 0) is 30.1 Å². The lowest BCUT2D eigenvalue weighted by atomic mass is 9.96. The Morgan fingerprint density at radius 2 is 1.65 bits per heavy atom. The van der Waals surface area contributed by atoms with Gasteiger partial charge >= 0.3 is 0 Å². The van der Waals surface area contributed by atoms with E-state index in [2.05, 4.69) is 0 Å². The van der Waals surface area contributed by atoms with Gasteiger partial charge in [0.15, 0.2) is 37.0 Å². The summed E-state index contributed by atoms with van der Waals surface area (Å²) in [6.45, 7) is 3.61. The number of aliphatic hydroxyl groups excluding tert-OH is 7. The van der Waals surface area contributed by atoms with E-state index in [4.69, 9.17) is 37.6 Å². The largest absolute Gasteiger partial charge is 0.508 e. The van der Waals surface area contributed by atoms with Gasteiger partial charge < -0.3 is 88.6 Å². The van der Waals surface area contributed by atoms with E-state index in [1.165, 1.54) is 44.4 Å². The summed E-state index contributed by atoms with van der Waals surface area (Å²) in [6.07, 6.45) is -18.7. The van der Waals surface area contributed by atoms with E-state index in [0.29, 0.717) is 5.56 Å². The molecule has 0 bridgehead atoms. The maximum Gasteiger partial charge on any atom is 0.239 e. The van der Waals surface area contributed by atoms with Gasteiger partial charge in [0.25, 0.3) is 0 Å². The molecule has 0 aliphatic carbocycles. The molecule has 19 heteroatoms. The van der Waals surface area contributed by atoms with E-state index < -0.39 is 116 Å². The van der Waals surface area contributed by atoms with Crippen molar-refractivity contribution in [1.82, 2.24) is 0 Å². The highest BCUT2D eigenvalue weighted by Crippen LogP contribution is 2.41. The Morgan fingerprint density at radius 1 is 0.947 bits per heavy atom. The van der Waals surface area contributed by atoms with Crippen molar-refractivity contribution < 1.29 is 88.6 Å². The van der Waals surface area contributed by atoms with E-state index in [1.807, 2.05) is 19.9 Å². The molecular formula is C38H48O19. The van der Waals surface area contributed by atoms with E-state index in [1.54, 1.807) is 0 Å². The molecule has 0 saturated carbocycles. The number of phenolic OH excluding ortho intramolecular Hbond substituents is 2. The fourth-order valence-corrected chi connectivity index (χ4v) is 6.86. The van der Waals surface area contributed by atoms with Gasteiger partial charge in [-0.25, -0.2) is 0 Å². The topological polar surface area (TPSA) is 297 Å². The number of fused-ring (bicyclic) bond motifs is 1. The van der Waals surface area contributed by atoms with E-state index in [-0.39, 0.29) is 40.2 Å². The Kier molecular flexibility index (Phi) is 12.8. The number of hydrogen-bond donors (Lipinski definition) is 10. The summed E-state index contributed by atoms with van der Waals surface area (Å²) in [7, 11) is 1.38. The first kappa shape index (κ1) is 42.7. The third-order valence-corrected chi connectivity index (χ3v) is 10.2. The second kappa shape index (κ2) is 17.1. The second-order valence-corrected chi connectivity index (χ2v) is 14.5. The third kappa shape index (κ3) is 8.48. The molecule has 13 unspecified atom stereocenters. The van der Waals surface area contributed by atoms with Crippen LogP contribution < -0.4 is 14.9 Å². The summed E-state index contributed by atoms with van der Waals surface area (Å²) in [5, 5.41) is 105. The first-order valence-electron chi connectivity index (χ1n) is 18.1. The number of rotatable bonds is 12. The lowest BCUT2D eigenvalue weighted by Crippen LogP contribution is -2.65. The molecule has 19 nitrogen and oxygen atoms in total. The minimum Gasteiger partial charge on any atom is -0.508 e. The molecule has 3 aromatic rings. The molecule has 314 valence electrons. The number of phenols is 2. The normalized spacial score (nSPS) is 34.3. The quantitative estimate of drug-likeness (QED) is 0.101. The van der Waals surface area contributed by atoms with Crippen molar-refractivity contribution in [1.29, 1.82) is 0 Å². The Labute approximate surface area is 325 Å². The molecule has 57 heavy (non-hydrogen) atoms. The van der Waals surface area contributed by atoms with Crippen molar-refractivity contribution in [3.05, 3.63) is 57.8 Å². The van der Waals surface area contributed by atoms with Crippen molar-refractivity contribution >= 4 is 11.0 Å². The monoisotopic (exact) mass is 808 g/mol. The second-order valence-electron chi connectivity index (χ2n) is 14.5. The lowest BCUT2D eigenvalue weighted by molar-refractivity contribution is -0.352. The molecule has 3 aliphatic heterocycles. The highest BCUT2D eigenvalue weighted by Gasteiger charge is 2.53. The number of aromatic hydroxyl groups is 2. The van der Waals surface area contributed by atoms with Crippen LogP contribution in [0.15, 0.2) is 51.2 Å². The molecule has 0 amide bonds. The SMILES string of the molecule is COc1cc(O)c2c(=O)c(OC3C(COC4CC(O)(CO)C(O)O4)OC(O)C(O)C3OC3OC(C)C(O)C(O)C3O)c(-c3ccc(O)cc3)oc2c1CC=C(C)C. The molecule has 6 rings (SSSR count).